The molecule has 0 spiro atoms. The van der Waals surface area contributed by atoms with Crippen LogP contribution in [0, 0.1) is 12.8 Å². The maximum absolute atomic E-state index is 12.1. The zero-order valence-electron chi connectivity index (χ0n) is 11.1. The fraction of sp³-hybridized carbons (Fsp3) is 0.667. The summed E-state index contributed by atoms with van der Waals surface area (Å²) < 4.78 is 9.78. The van der Waals surface area contributed by atoms with Gasteiger partial charge >= 0.3 is 5.97 Å². The normalized spacial score (nSPS) is 19.3. The summed E-state index contributed by atoms with van der Waals surface area (Å²) in [6.07, 6.45) is 1.51. The number of hydrogen-bond donors (Lipinski definition) is 0. The summed E-state index contributed by atoms with van der Waals surface area (Å²) in [6.45, 7) is 4.70. The highest BCUT2D eigenvalue weighted by Crippen LogP contribution is 2.19. The Labute approximate surface area is 110 Å². The van der Waals surface area contributed by atoms with Gasteiger partial charge in [-0.3, -0.25) is 9.59 Å². The highest BCUT2D eigenvalue weighted by Gasteiger charge is 2.31. The average molecular weight is 267 g/mol. The zero-order chi connectivity index (χ0) is 13.8. The number of amides is 1. The van der Waals surface area contributed by atoms with Crippen molar-refractivity contribution < 1.29 is 18.8 Å². The monoisotopic (exact) mass is 267 g/mol. The minimum Gasteiger partial charge on any atom is -0.466 e. The van der Waals surface area contributed by atoms with E-state index in [0.29, 0.717) is 25.6 Å². The van der Waals surface area contributed by atoms with Gasteiger partial charge in [0.15, 0.2) is 0 Å². The summed E-state index contributed by atoms with van der Waals surface area (Å²) in [6, 6.07) is 0. The SMILES string of the molecule is CCOC(=O)[C@@H]1CCCN(C(=O)c2noc(C)n2)C1. The van der Waals surface area contributed by atoms with Crippen molar-refractivity contribution in [3.05, 3.63) is 11.7 Å². The van der Waals surface area contributed by atoms with Crippen molar-refractivity contribution >= 4 is 11.9 Å². The zero-order valence-corrected chi connectivity index (χ0v) is 11.1. The van der Waals surface area contributed by atoms with E-state index in [4.69, 9.17) is 9.26 Å². The maximum Gasteiger partial charge on any atom is 0.310 e. The molecule has 104 valence electrons. The van der Waals surface area contributed by atoms with Crippen LogP contribution in [0.25, 0.3) is 0 Å². The molecule has 1 aromatic heterocycles. The van der Waals surface area contributed by atoms with Gasteiger partial charge in [0, 0.05) is 20.0 Å². The number of aromatic nitrogens is 2. The van der Waals surface area contributed by atoms with Crippen molar-refractivity contribution in [1.29, 1.82) is 0 Å². The van der Waals surface area contributed by atoms with E-state index in [9.17, 15) is 9.59 Å². The van der Waals surface area contributed by atoms with Crippen LogP contribution < -0.4 is 0 Å². The molecule has 7 heteroatoms. The fourth-order valence-corrected chi connectivity index (χ4v) is 2.14. The van der Waals surface area contributed by atoms with Gasteiger partial charge < -0.3 is 14.2 Å². The largest absolute Gasteiger partial charge is 0.466 e. The molecule has 1 amide bonds. The molecule has 1 aliphatic heterocycles. The lowest BCUT2D eigenvalue weighted by Gasteiger charge is -2.30. The molecule has 2 heterocycles. The van der Waals surface area contributed by atoms with Crippen molar-refractivity contribution in [3.63, 3.8) is 0 Å². The number of nitrogens with zero attached hydrogens (tertiary/aromatic N) is 3. The predicted molar refractivity (Wildman–Crippen MR) is 64.3 cm³/mol. The molecule has 1 fully saturated rings. The van der Waals surface area contributed by atoms with E-state index >= 15 is 0 Å². The quantitative estimate of drug-likeness (QED) is 0.753. The molecule has 1 aromatic rings. The second kappa shape index (κ2) is 5.81. The van der Waals surface area contributed by atoms with Crippen LogP contribution in [0.1, 0.15) is 36.3 Å². The Morgan fingerprint density at radius 3 is 2.95 bits per heavy atom. The molecule has 7 nitrogen and oxygen atoms in total. The average Bonchev–Trinajstić information content (AvgIpc) is 2.85. The van der Waals surface area contributed by atoms with E-state index in [2.05, 4.69) is 10.1 Å². The van der Waals surface area contributed by atoms with Crippen molar-refractivity contribution in [3.8, 4) is 0 Å². The molecular weight excluding hydrogens is 250 g/mol. The van der Waals surface area contributed by atoms with Gasteiger partial charge in [-0.15, -0.1) is 0 Å². The van der Waals surface area contributed by atoms with Crippen molar-refractivity contribution in [1.82, 2.24) is 15.0 Å². The summed E-state index contributed by atoms with van der Waals surface area (Å²) in [5, 5.41) is 3.60. The summed E-state index contributed by atoms with van der Waals surface area (Å²) in [5.74, 6) is -0.412. The van der Waals surface area contributed by atoms with E-state index in [1.54, 1.807) is 18.7 Å². The first kappa shape index (κ1) is 13.5. The van der Waals surface area contributed by atoms with Crippen LogP contribution in [0.4, 0.5) is 0 Å². The summed E-state index contributed by atoms with van der Waals surface area (Å²) in [4.78, 5) is 29.3. The van der Waals surface area contributed by atoms with Gasteiger partial charge in [0.05, 0.1) is 12.5 Å². The van der Waals surface area contributed by atoms with E-state index in [1.165, 1.54) is 0 Å². The molecule has 1 atom stereocenters. The molecular formula is C12H17N3O4. The molecule has 0 aliphatic carbocycles. The number of carbonyl (C=O) groups excluding carboxylic acids is 2. The lowest BCUT2D eigenvalue weighted by atomic mass is 9.98. The van der Waals surface area contributed by atoms with Gasteiger partial charge in [-0.05, 0) is 19.8 Å². The Hall–Kier alpha value is -1.92. The van der Waals surface area contributed by atoms with E-state index in [1.807, 2.05) is 0 Å². The van der Waals surface area contributed by atoms with Crippen molar-refractivity contribution in [2.45, 2.75) is 26.7 Å². The van der Waals surface area contributed by atoms with Crippen LogP contribution in [0.5, 0.6) is 0 Å². The topological polar surface area (TPSA) is 85.5 Å². The third kappa shape index (κ3) is 3.10. The van der Waals surface area contributed by atoms with Crippen molar-refractivity contribution in [2.24, 2.45) is 5.92 Å². The molecule has 1 aliphatic rings. The number of carbonyl (C=O) groups is 2. The third-order valence-corrected chi connectivity index (χ3v) is 3.05. The lowest BCUT2D eigenvalue weighted by molar-refractivity contribution is -0.149. The Balaban J connectivity index is 2.01. The van der Waals surface area contributed by atoms with Gasteiger partial charge in [0.2, 0.25) is 5.89 Å². The Kier molecular flexibility index (Phi) is 4.13. The number of piperidine rings is 1. The van der Waals surface area contributed by atoms with Crippen LogP contribution >= 0.6 is 0 Å². The van der Waals surface area contributed by atoms with Crippen LogP contribution in [-0.4, -0.2) is 46.6 Å². The summed E-state index contributed by atoms with van der Waals surface area (Å²) >= 11 is 0. The van der Waals surface area contributed by atoms with Crippen LogP contribution in [-0.2, 0) is 9.53 Å². The molecule has 0 unspecified atom stereocenters. The first-order chi connectivity index (χ1) is 9.11. The Bertz CT molecular complexity index is 471. The second-order valence-electron chi connectivity index (χ2n) is 4.48. The highest BCUT2D eigenvalue weighted by molar-refractivity contribution is 5.90. The van der Waals surface area contributed by atoms with Gasteiger partial charge in [0.1, 0.15) is 0 Å². The van der Waals surface area contributed by atoms with Gasteiger partial charge in [0.25, 0.3) is 11.7 Å². The molecule has 0 aromatic carbocycles. The number of likely N-dealkylation sites (tertiary alicyclic amines) is 1. The Morgan fingerprint density at radius 1 is 1.53 bits per heavy atom. The van der Waals surface area contributed by atoms with Gasteiger partial charge in [-0.25, -0.2) is 0 Å². The van der Waals surface area contributed by atoms with Gasteiger partial charge in [-0.1, -0.05) is 5.16 Å². The standard InChI is InChI=1S/C12H17N3O4/c1-3-18-12(17)9-5-4-6-15(7-9)11(16)10-13-8(2)19-14-10/h9H,3-7H2,1-2H3/t9-/m1/s1. The van der Waals surface area contributed by atoms with Crippen LogP contribution in [0.2, 0.25) is 0 Å². The van der Waals surface area contributed by atoms with E-state index < -0.39 is 0 Å². The smallest absolute Gasteiger partial charge is 0.310 e. The van der Waals surface area contributed by atoms with E-state index in [-0.39, 0.29) is 23.6 Å². The number of hydrogen-bond acceptors (Lipinski definition) is 6. The number of aryl methyl sites for hydroxylation is 1. The number of esters is 1. The second-order valence-corrected chi connectivity index (χ2v) is 4.48. The molecule has 19 heavy (non-hydrogen) atoms. The van der Waals surface area contributed by atoms with Gasteiger partial charge in [-0.2, -0.15) is 4.98 Å². The molecule has 0 bridgehead atoms. The highest BCUT2D eigenvalue weighted by atomic mass is 16.5. The molecule has 0 radical (unpaired) electrons. The number of rotatable bonds is 3. The molecule has 0 N–H and O–H groups in total. The Morgan fingerprint density at radius 2 is 2.32 bits per heavy atom. The lowest BCUT2D eigenvalue weighted by Crippen LogP contribution is -2.43. The van der Waals surface area contributed by atoms with Crippen molar-refractivity contribution in [2.75, 3.05) is 19.7 Å². The first-order valence-electron chi connectivity index (χ1n) is 6.38. The van der Waals surface area contributed by atoms with E-state index in [0.717, 1.165) is 12.8 Å². The fourth-order valence-electron chi connectivity index (χ4n) is 2.14. The summed E-state index contributed by atoms with van der Waals surface area (Å²) in [5.41, 5.74) is 0. The third-order valence-electron chi connectivity index (χ3n) is 3.05. The minimum absolute atomic E-state index is 0.0435. The summed E-state index contributed by atoms with van der Waals surface area (Å²) in [7, 11) is 0. The molecule has 0 saturated carbocycles. The predicted octanol–water partition coefficient (Wildman–Crippen LogP) is 0.793. The molecule has 2 rings (SSSR count). The van der Waals surface area contributed by atoms with Crippen LogP contribution in [0.3, 0.4) is 0 Å². The number of ether oxygens (including phenoxy) is 1. The first-order valence-corrected chi connectivity index (χ1v) is 6.38. The maximum atomic E-state index is 12.1. The van der Waals surface area contributed by atoms with Crippen LogP contribution in [0.15, 0.2) is 4.52 Å². The molecule has 1 saturated heterocycles. The minimum atomic E-state index is -0.300.